The van der Waals surface area contributed by atoms with Crippen LogP contribution in [-0.2, 0) is 14.8 Å². The first-order chi connectivity index (χ1) is 17.2. The summed E-state index contributed by atoms with van der Waals surface area (Å²) in [6.07, 6.45) is 3.85. The predicted molar refractivity (Wildman–Crippen MR) is 135 cm³/mol. The molecule has 12 heteroatoms. The topological polar surface area (TPSA) is 104 Å². The van der Waals surface area contributed by atoms with E-state index in [9.17, 15) is 27.2 Å². The van der Waals surface area contributed by atoms with Gasteiger partial charge in [-0.05, 0) is 54.9 Å². The van der Waals surface area contributed by atoms with Gasteiger partial charge in [-0.1, -0.05) is 36.2 Å². The summed E-state index contributed by atoms with van der Waals surface area (Å²) in [5.41, 5.74) is 0.161. The zero-order valence-corrected chi connectivity index (χ0v) is 21.5. The smallest absolute Gasteiger partial charge is 0.293 e. The van der Waals surface area contributed by atoms with Crippen molar-refractivity contribution < 1.29 is 27.2 Å². The lowest BCUT2D eigenvalue weighted by Gasteiger charge is -2.26. The highest BCUT2D eigenvalue weighted by Gasteiger charge is 2.35. The van der Waals surface area contributed by atoms with Crippen molar-refractivity contribution in [1.82, 2.24) is 14.5 Å². The summed E-state index contributed by atoms with van der Waals surface area (Å²) in [4.78, 5) is 38.7. The zero-order valence-electron chi connectivity index (χ0n) is 19.1. The fourth-order valence-electron chi connectivity index (χ4n) is 3.90. The number of nitrogens with one attached hydrogen (secondary N) is 1. The van der Waals surface area contributed by atoms with Gasteiger partial charge in [-0.25, -0.2) is 12.8 Å². The molecule has 4 rings (SSSR count). The summed E-state index contributed by atoms with van der Waals surface area (Å²) in [5, 5.41) is 2.11. The minimum Gasteiger partial charge on any atom is -0.350 e. The maximum Gasteiger partial charge on any atom is 0.293 e. The number of thioether (sulfide) groups is 1. The zero-order chi connectivity index (χ0) is 25.9. The normalized spacial score (nSPS) is 18.2. The first-order valence-electron chi connectivity index (χ1n) is 11.3. The number of sulfonamides is 1. The van der Waals surface area contributed by atoms with Crippen LogP contribution in [-0.4, -0.2) is 60.9 Å². The molecule has 2 aromatic rings. The highest BCUT2D eigenvalue weighted by Crippen LogP contribution is 2.32. The SMILES string of the molecule is O=C(NCCN1C(=O)SC(=Cc2ccccc2F)C1=O)c1cc(S(=O)(=O)N2CCCCC2)ccc1Cl. The van der Waals surface area contributed by atoms with Gasteiger partial charge >= 0.3 is 0 Å². The van der Waals surface area contributed by atoms with Crippen molar-refractivity contribution in [3.63, 3.8) is 0 Å². The summed E-state index contributed by atoms with van der Waals surface area (Å²) in [7, 11) is -3.76. The van der Waals surface area contributed by atoms with Gasteiger partial charge in [-0.15, -0.1) is 0 Å². The van der Waals surface area contributed by atoms with Gasteiger partial charge in [0, 0.05) is 31.7 Å². The van der Waals surface area contributed by atoms with E-state index >= 15 is 0 Å². The largest absolute Gasteiger partial charge is 0.350 e. The molecule has 1 N–H and O–H groups in total. The predicted octanol–water partition coefficient (Wildman–Crippen LogP) is 4.12. The van der Waals surface area contributed by atoms with Gasteiger partial charge < -0.3 is 5.32 Å². The van der Waals surface area contributed by atoms with E-state index in [4.69, 9.17) is 11.6 Å². The van der Waals surface area contributed by atoms with Crippen molar-refractivity contribution in [3.05, 3.63) is 69.3 Å². The maximum absolute atomic E-state index is 13.9. The number of rotatable bonds is 7. The number of carbonyl (C=O) groups is 3. The fourth-order valence-corrected chi connectivity index (χ4v) is 6.50. The quantitative estimate of drug-likeness (QED) is 0.519. The van der Waals surface area contributed by atoms with E-state index in [0.717, 1.165) is 24.2 Å². The van der Waals surface area contributed by atoms with Crippen LogP contribution in [0.2, 0.25) is 5.02 Å². The molecule has 2 saturated heterocycles. The van der Waals surface area contributed by atoms with E-state index < -0.39 is 32.9 Å². The first-order valence-corrected chi connectivity index (χ1v) is 13.9. The van der Waals surface area contributed by atoms with Crippen LogP contribution in [0, 0.1) is 5.82 Å². The molecule has 0 bridgehead atoms. The maximum atomic E-state index is 13.9. The summed E-state index contributed by atoms with van der Waals surface area (Å²) in [6, 6.07) is 9.84. The Kier molecular flexibility index (Phi) is 8.13. The van der Waals surface area contributed by atoms with Gasteiger partial charge in [0.05, 0.1) is 20.4 Å². The molecule has 0 radical (unpaired) electrons. The number of nitrogens with zero attached hydrogens (tertiary/aromatic N) is 2. The molecular formula is C24H23ClFN3O5S2. The van der Waals surface area contributed by atoms with Crippen molar-refractivity contribution in [1.29, 1.82) is 0 Å². The average Bonchev–Trinajstić information content (AvgIpc) is 3.13. The molecule has 0 saturated carbocycles. The minimum absolute atomic E-state index is 0.0247. The van der Waals surface area contributed by atoms with Crippen LogP contribution in [0.4, 0.5) is 9.18 Å². The van der Waals surface area contributed by atoms with Crippen LogP contribution in [0.25, 0.3) is 6.08 Å². The number of piperidine rings is 1. The van der Waals surface area contributed by atoms with Gasteiger partial charge in [0.25, 0.3) is 17.1 Å². The number of halogens is 2. The highest BCUT2D eigenvalue weighted by molar-refractivity contribution is 8.18. The van der Waals surface area contributed by atoms with Crippen molar-refractivity contribution in [2.24, 2.45) is 0 Å². The van der Waals surface area contributed by atoms with Gasteiger partial charge in [-0.3, -0.25) is 19.3 Å². The fraction of sp³-hybridized carbons (Fsp3) is 0.292. The number of hydrogen-bond acceptors (Lipinski definition) is 6. The second-order valence-electron chi connectivity index (χ2n) is 8.22. The van der Waals surface area contributed by atoms with Crippen LogP contribution < -0.4 is 5.32 Å². The van der Waals surface area contributed by atoms with Crippen molar-refractivity contribution in [2.45, 2.75) is 24.2 Å². The number of hydrogen-bond donors (Lipinski definition) is 1. The molecule has 0 aliphatic carbocycles. The van der Waals surface area contributed by atoms with Gasteiger partial charge in [0.15, 0.2) is 0 Å². The molecule has 2 heterocycles. The lowest BCUT2D eigenvalue weighted by Crippen LogP contribution is -2.37. The molecule has 0 aromatic heterocycles. The number of amides is 3. The molecule has 190 valence electrons. The van der Waals surface area contributed by atoms with Crippen LogP contribution in [0.1, 0.15) is 35.2 Å². The monoisotopic (exact) mass is 551 g/mol. The Morgan fingerprint density at radius 2 is 1.83 bits per heavy atom. The van der Waals surface area contributed by atoms with Gasteiger partial charge in [-0.2, -0.15) is 4.31 Å². The number of carbonyl (C=O) groups excluding carboxylic acids is 3. The van der Waals surface area contributed by atoms with E-state index in [2.05, 4.69) is 5.32 Å². The Labute approximate surface area is 217 Å². The van der Waals surface area contributed by atoms with Crippen LogP contribution in [0.5, 0.6) is 0 Å². The summed E-state index contributed by atoms with van der Waals surface area (Å²) in [6.45, 7) is 0.656. The Bertz CT molecular complexity index is 1340. The molecule has 2 aliphatic heterocycles. The summed E-state index contributed by atoms with van der Waals surface area (Å²) in [5.74, 6) is -1.74. The third-order valence-corrected chi connectivity index (χ3v) is 8.95. The molecule has 2 aromatic carbocycles. The standard InChI is InChI=1S/C24H23ClFN3O5S2/c25-19-9-8-17(36(33,34)28-11-4-1-5-12-28)15-18(19)22(30)27-10-13-29-23(31)21(35-24(29)32)14-16-6-2-3-7-20(16)26/h2-3,6-9,14-15H,1,4-5,10-13H2,(H,27,30). The Morgan fingerprint density at radius 3 is 2.56 bits per heavy atom. The van der Waals surface area contributed by atoms with E-state index in [0.29, 0.717) is 24.9 Å². The molecule has 3 amide bonds. The van der Waals surface area contributed by atoms with Crippen molar-refractivity contribution in [3.8, 4) is 0 Å². The van der Waals surface area contributed by atoms with E-state index in [1.54, 1.807) is 6.07 Å². The molecule has 2 aliphatic rings. The van der Waals surface area contributed by atoms with E-state index in [1.807, 2.05) is 0 Å². The lowest BCUT2D eigenvalue weighted by molar-refractivity contribution is -0.122. The second-order valence-corrected chi connectivity index (χ2v) is 11.6. The summed E-state index contributed by atoms with van der Waals surface area (Å²) < 4.78 is 41.2. The average molecular weight is 552 g/mol. The highest BCUT2D eigenvalue weighted by atomic mass is 35.5. The van der Waals surface area contributed by atoms with Crippen molar-refractivity contribution in [2.75, 3.05) is 26.2 Å². The van der Waals surface area contributed by atoms with Crippen LogP contribution in [0.15, 0.2) is 52.3 Å². The summed E-state index contributed by atoms with van der Waals surface area (Å²) >= 11 is 6.85. The van der Waals surface area contributed by atoms with E-state index in [-0.39, 0.29) is 39.0 Å². The molecule has 2 fully saturated rings. The van der Waals surface area contributed by atoms with Gasteiger partial charge in [0.1, 0.15) is 5.82 Å². The third-order valence-electron chi connectivity index (χ3n) is 5.82. The van der Waals surface area contributed by atoms with Crippen LogP contribution in [0.3, 0.4) is 0 Å². The molecule has 0 unspecified atom stereocenters. The first kappa shape index (κ1) is 26.3. The molecular weight excluding hydrogens is 529 g/mol. The molecule has 8 nitrogen and oxygen atoms in total. The molecule has 36 heavy (non-hydrogen) atoms. The molecule has 0 spiro atoms. The Hall–Kier alpha value is -2.73. The Morgan fingerprint density at radius 1 is 1.11 bits per heavy atom. The number of benzene rings is 2. The van der Waals surface area contributed by atoms with Gasteiger partial charge in [0.2, 0.25) is 10.0 Å². The minimum atomic E-state index is -3.76. The third kappa shape index (κ3) is 5.64. The second kappa shape index (κ2) is 11.1. The molecule has 0 atom stereocenters. The number of imide groups is 1. The van der Waals surface area contributed by atoms with E-state index in [1.165, 1.54) is 46.8 Å². The van der Waals surface area contributed by atoms with Crippen molar-refractivity contribution >= 4 is 56.5 Å². The van der Waals surface area contributed by atoms with Crippen LogP contribution >= 0.6 is 23.4 Å². The Balaban J connectivity index is 1.41. The lowest BCUT2D eigenvalue weighted by atomic mass is 10.2.